The number of aromatic nitrogens is 1. The van der Waals surface area contributed by atoms with Crippen molar-refractivity contribution >= 4 is 55.6 Å². The summed E-state index contributed by atoms with van der Waals surface area (Å²) in [5.41, 5.74) is 0.871. The van der Waals surface area contributed by atoms with E-state index in [9.17, 15) is 13.2 Å². The summed E-state index contributed by atoms with van der Waals surface area (Å²) in [6.45, 7) is -0.0145. The van der Waals surface area contributed by atoms with Crippen molar-refractivity contribution in [3.05, 3.63) is 75.2 Å². The van der Waals surface area contributed by atoms with Gasteiger partial charge in [-0.25, -0.2) is 18.1 Å². The minimum absolute atomic E-state index is 0.0128. The van der Waals surface area contributed by atoms with E-state index >= 15 is 0 Å². The Balaban J connectivity index is 1.51. The minimum atomic E-state index is -3.63. The average Bonchev–Trinajstić information content (AvgIpc) is 3.13. The molecule has 0 atom stereocenters. The van der Waals surface area contributed by atoms with Gasteiger partial charge >= 0.3 is 0 Å². The molecule has 0 aliphatic heterocycles. The lowest BCUT2D eigenvalue weighted by molar-refractivity contribution is -0.116. The molecule has 1 amide bonds. The summed E-state index contributed by atoms with van der Waals surface area (Å²) in [7, 11) is -3.63. The first-order valence-corrected chi connectivity index (χ1v) is 11.6. The molecule has 3 rings (SSSR count). The maximum absolute atomic E-state index is 12.1. The summed E-state index contributed by atoms with van der Waals surface area (Å²) in [5, 5.41) is 4.10. The molecule has 29 heavy (non-hydrogen) atoms. The minimum Gasteiger partial charge on any atom is -0.302 e. The van der Waals surface area contributed by atoms with Crippen molar-refractivity contribution in [3.63, 3.8) is 0 Å². The number of halogens is 2. The van der Waals surface area contributed by atoms with Crippen molar-refractivity contribution in [2.75, 3.05) is 11.9 Å². The highest BCUT2D eigenvalue weighted by atomic mass is 35.5. The third kappa shape index (κ3) is 6.01. The van der Waals surface area contributed by atoms with Crippen molar-refractivity contribution in [2.45, 2.75) is 17.7 Å². The van der Waals surface area contributed by atoms with Gasteiger partial charge in [-0.05, 0) is 23.8 Å². The van der Waals surface area contributed by atoms with Gasteiger partial charge in [0.15, 0.2) is 5.13 Å². The van der Waals surface area contributed by atoms with Crippen molar-refractivity contribution < 1.29 is 13.2 Å². The molecule has 2 N–H and O–H groups in total. The van der Waals surface area contributed by atoms with E-state index in [1.54, 1.807) is 30.5 Å². The van der Waals surface area contributed by atoms with E-state index in [0.717, 1.165) is 10.4 Å². The smallest absolute Gasteiger partial charge is 0.240 e. The number of nitrogens with one attached hydrogen (secondary N) is 2. The predicted octanol–water partition coefficient (Wildman–Crippen LogP) is 4.35. The van der Waals surface area contributed by atoms with Gasteiger partial charge in [-0.3, -0.25) is 4.79 Å². The second kappa shape index (κ2) is 9.69. The van der Waals surface area contributed by atoms with E-state index in [2.05, 4.69) is 15.0 Å². The zero-order valence-electron chi connectivity index (χ0n) is 15.1. The van der Waals surface area contributed by atoms with Crippen LogP contribution in [0, 0.1) is 0 Å². The molecule has 6 nitrogen and oxygen atoms in total. The predicted molar refractivity (Wildman–Crippen MR) is 116 cm³/mol. The number of carbonyl (C=O) groups is 1. The fraction of sp³-hybridized carbons (Fsp3) is 0.158. The van der Waals surface area contributed by atoms with Crippen LogP contribution >= 0.6 is 34.5 Å². The molecule has 0 saturated heterocycles. The van der Waals surface area contributed by atoms with Crippen LogP contribution in [0.2, 0.25) is 10.0 Å². The first kappa shape index (κ1) is 21.7. The van der Waals surface area contributed by atoms with E-state index in [1.165, 1.54) is 23.5 Å². The molecule has 1 aromatic heterocycles. The Morgan fingerprint density at radius 3 is 2.59 bits per heavy atom. The summed E-state index contributed by atoms with van der Waals surface area (Å²) in [6.07, 6.45) is 2.19. The average molecular weight is 470 g/mol. The molecule has 0 radical (unpaired) electrons. The summed E-state index contributed by atoms with van der Waals surface area (Å²) in [5.74, 6) is -0.331. The quantitative estimate of drug-likeness (QED) is 0.513. The van der Waals surface area contributed by atoms with Crippen molar-refractivity contribution in [2.24, 2.45) is 0 Å². The van der Waals surface area contributed by atoms with E-state index in [-0.39, 0.29) is 23.8 Å². The van der Waals surface area contributed by atoms with Gasteiger partial charge in [0.2, 0.25) is 15.9 Å². The molecule has 0 fully saturated rings. The molecule has 0 bridgehead atoms. The highest BCUT2D eigenvalue weighted by Crippen LogP contribution is 2.29. The van der Waals surface area contributed by atoms with Crippen molar-refractivity contribution in [3.8, 4) is 0 Å². The highest BCUT2D eigenvalue weighted by Gasteiger charge is 2.14. The highest BCUT2D eigenvalue weighted by molar-refractivity contribution is 7.89. The first-order chi connectivity index (χ1) is 13.8. The standard InChI is InChI=1S/C19H17Cl2N3O3S2/c20-16-8-4-5-13(18(16)21)11-14-12-22-19(28-14)24-17(25)9-10-23-29(26,27)15-6-2-1-3-7-15/h1-8,12,23H,9-11H2,(H,22,24,25). The lowest BCUT2D eigenvalue weighted by Crippen LogP contribution is -2.27. The number of sulfonamides is 1. The van der Waals surface area contributed by atoms with E-state index in [4.69, 9.17) is 23.2 Å². The maximum atomic E-state index is 12.1. The van der Waals surface area contributed by atoms with Crippen LogP contribution in [-0.2, 0) is 21.2 Å². The molecular formula is C19H17Cl2N3O3S2. The second-order valence-electron chi connectivity index (χ2n) is 6.03. The summed E-state index contributed by atoms with van der Waals surface area (Å²) in [6, 6.07) is 13.4. The lowest BCUT2D eigenvalue weighted by Gasteiger charge is -2.06. The van der Waals surface area contributed by atoms with Gasteiger partial charge in [-0.15, -0.1) is 11.3 Å². The molecule has 1 heterocycles. The van der Waals surface area contributed by atoms with Gasteiger partial charge in [0.05, 0.1) is 14.9 Å². The molecule has 2 aromatic carbocycles. The molecule has 0 aliphatic rings. The Morgan fingerprint density at radius 2 is 1.83 bits per heavy atom. The number of amides is 1. The van der Waals surface area contributed by atoms with Crippen LogP contribution < -0.4 is 10.0 Å². The van der Waals surface area contributed by atoms with Gasteiger partial charge in [-0.1, -0.05) is 53.5 Å². The molecular weight excluding hydrogens is 453 g/mol. The normalized spacial score (nSPS) is 11.4. The number of anilines is 1. The number of benzene rings is 2. The second-order valence-corrected chi connectivity index (χ2v) is 9.70. The van der Waals surface area contributed by atoms with Gasteiger partial charge in [0.25, 0.3) is 0 Å². The van der Waals surface area contributed by atoms with Crippen LogP contribution in [0.3, 0.4) is 0 Å². The Bertz CT molecular complexity index is 1100. The molecule has 0 aliphatic carbocycles. The van der Waals surface area contributed by atoms with Gasteiger partial charge in [0.1, 0.15) is 0 Å². The van der Waals surface area contributed by atoms with E-state index in [1.807, 2.05) is 12.1 Å². The fourth-order valence-electron chi connectivity index (χ4n) is 2.48. The molecule has 152 valence electrons. The number of rotatable bonds is 8. The Morgan fingerprint density at radius 1 is 1.07 bits per heavy atom. The van der Waals surface area contributed by atoms with E-state index in [0.29, 0.717) is 21.6 Å². The number of nitrogens with zero attached hydrogens (tertiary/aromatic N) is 1. The third-order valence-electron chi connectivity index (χ3n) is 3.89. The SMILES string of the molecule is O=C(CCNS(=O)(=O)c1ccccc1)Nc1ncc(Cc2cccc(Cl)c2Cl)s1. The molecule has 3 aromatic rings. The zero-order chi connectivity index (χ0) is 20.9. The van der Waals surface area contributed by atoms with Crippen LogP contribution in [0.4, 0.5) is 5.13 Å². The van der Waals surface area contributed by atoms with Gasteiger partial charge < -0.3 is 5.32 Å². The molecule has 0 unspecified atom stereocenters. The van der Waals surface area contributed by atoms with Crippen molar-refractivity contribution in [1.29, 1.82) is 0 Å². The Labute approximate surface area is 182 Å². The van der Waals surface area contributed by atoms with Crippen LogP contribution in [0.5, 0.6) is 0 Å². The number of thiazole rings is 1. The number of hydrogen-bond acceptors (Lipinski definition) is 5. The number of carbonyl (C=O) groups excluding carboxylic acids is 1. The van der Waals surface area contributed by atoms with Gasteiger partial charge in [-0.2, -0.15) is 0 Å². The first-order valence-electron chi connectivity index (χ1n) is 8.57. The zero-order valence-corrected chi connectivity index (χ0v) is 18.2. The molecule has 0 spiro atoms. The maximum Gasteiger partial charge on any atom is 0.240 e. The lowest BCUT2D eigenvalue weighted by atomic mass is 10.1. The topological polar surface area (TPSA) is 88.2 Å². The van der Waals surface area contributed by atoms with Crippen LogP contribution in [-0.4, -0.2) is 25.9 Å². The molecule has 0 saturated carbocycles. The van der Waals surface area contributed by atoms with Gasteiger partial charge in [0, 0.05) is 30.5 Å². The van der Waals surface area contributed by atoms with Crippen LogP contribution in [0.15, 0.2) is 59.6 Å². The monoisotopic (exact) mass is 469 g/mol. The summed E-state index contributed by atoms with van der Waals surface area (Å²) < 4.78 is 26.7. The summed E-state index contributed by atoms with van der Waals surface area (Å²) >= 11 is 13.5. The van der Waals surface area contributed by atoms with Crippen LogP contribution in [0.1, 0.15) is 16.9 Å². The third-order valence-corrected chi connectivity index (χ3v) is 7.14. The summed E-state index contributed by atoms with van der Waals surface area (Å²) in [4.78, 5) is 17.3. The van der Waals surface area contributed by atoms with Crippen LogP contribution in [0.25, 0.3) is 0 Å². The fourth-order valence-corrected chi connectivity index (χ4v) is 4.77. The largest absolute Gasteiger partial charge is 0.302 e. The van der Waals surface area contributed by atoms with E-state index < -0.39 is 10.0 Å². The Hall–Kier alpha value is -1.97. The molecule has 10 heteroatoms. The number of hydrogen-bond donors (Lipinski definition) is 2. The van der Waals surface area contributed by atoms with Crippen molar-refractivity contribution in [1.82, 2.24) is 9.71 Å². The Kier molecular flexibility index (Phi) is 7.26.